The van der Waals surface area contributed by atoms with Gasteiger partial charge >= 0.3 is 0 Å². The van der Waals surface area contributed by atoms with Gasteiger partial charge in [-0.25, -0.2) is 0 Å². The van der Waals surface area contributed by atoms with E-state index in [2.05, 4.69) is 121 Å². The largest absolute Gasteiger partial charge is 0.0683 e. The van der Waals surface area contributed by atoms with E-state index in [1.54, 1.807) is 21.2 Å². The Labute approximate surface area is 233 Å². The number of benzene rings is 4. The van der Waals surface area contributed by atoms with Crippen LogP contribution in [0.15, 0.2) is 121 Å². The number of rotatable bonds is 7. The van der Waals surface area contributed by atoms with Gasteiger partial charge in [0.15, 0.2) is 0 Å². The summed E-state index contributed by atoms with van der Waals surface area (Å²) >= 11 is 0. The highest BCUT2D eigenvalue weighted by Crippen LogP contribution is 2.59. The molecule has 0 heterocycles. The molecule has 2 saturated carbocycles. The topological polar surface area (TPSA) is 0 Å². The molecule has 0 aliphatic heterocycles. The van der Waals surface area contributed by atoms with E-state index in [1.165, 1.54) is 38.5 Å². The summed E-state index contributed by atoms with van der Waals surface area (Å²) in [6.07, 6.45) is 8.39. The van der Waals surface area contributed by atoms with Crippen molar-refractivity contribution in [1.82, 2.24) is 0 Å². The molecule has 2 fully saturated rings. The zero-order valence-electron chi connectivity index (χ0n) is 23.0. The van der Waals surface area contributed by atoms with E-state index in [-0.39, 0.29) is 15.8 Å². The molecule has 38 heavy (non-hydrogen) atoms. The summed E-state index contributed by atoms with van der Waals surface area (Å²) in [4.78, 5) is 0. The molecule has 4 atom stereocenters. The Kier molecular flexibility index (Phi) is 9.84. The molecule has 0 bridgehead atoms. The lowest BCUT2D eigenvalue weighted by atomic mass is 9.89. The minimum Gasteiger partial charge on any atom is -0.0683 e. The molecule has 0 amide bonds. The molecule has 0 N–H and O–H groups in total. The Morgan fingerprint density at radius 1 is 0.395 bits per heavy atom. The van der Waals surface area contributed by atoms with Gasteiger partial charge in [0.25, 0.3) is 0 Å². The second-order valence-corrected chi connectivity index (χ2v) is 15.3. The molecule has 2 aliphatic carbocycles. The molecular formula is C36H42P2. The zero-order valence-corrected chi connectivity index (χ0v) is 24.8. The average Bonchev–Trinajstić information content (AvgIpc) is 3.67. The van der Waals surface area contributed by atoms with Crippen molar-refractivity contribution >= 4 is 37.1 Å². The highest BCUT2D eigenvalue weighted by Gasteiger charge is 2.46. The van der Waals surface area contributed by atoms with Gasteiger partial charge in [-0.15, -0.1) is 0 Å². The maximum absolute atomic E-state index is 2.40. The smallest absolute Gasteiger partial charge is 0.00976 e. The normalized spacial score (nSPS) is 22.8. The Morgan fingerprint density at radius 2 is 0.658 bits per heavy atom. The molecule has 6 rings (SSSR count). The van der Waals surface area contributed by atoms with Gasteiger partial charge in [0.1, 0.15) is 0 Å². The van der Waals surface area contributed by atoms with Gasteiger partial charge in [0.2, 0.25) is 0 Å². The number of hydrogen-bond donors (Lipinski definition) is 0. The lowest BCUT2D eigenvalue weighted by molar-refractivity contribution is 0.358. The monoisotopic (exact) mass is 536 g/mol. The van der Waals surface area contributed by atoms with Crippen molar-refractivity contribution in [1.29, 1.82) is 0 Å². The van der Waals surface area contributed by atoms with Crippen LogP contribution < -0.4 is 21.2 Å². The van der Waals surface area contributed by atoms with Gasteiger partial charge in [-0.05, 0) is 85.9 Å². The van der Waals surface area contributed by atoms with Gasteiger partial charge < -0.3 is 0 Å². The van der Waals surface area contributed by atoms with Gasteiger partial charge in [0, 0.05) is 0 Å². The van der Waals surface area contributed by atoms with Crippen molar-refractivity contribution in [3.05, 3.63) is 121 Å². The predicted molar refractivity (Wildman–Crippen MR) is 172 cm³/mol. The Balaban J connectivity index is 0.00000144. The third-order valence-corrected chi connectivity index (χ3v) is 14.4. The molecule has 4 unspecified atom stereocenters. The van der Waals surface area contributed by atoms with Gasteiger partial charge in [-0.3, -0.25) is 0 Å². The van der Waals surface area contributed by atoms with Crippen LogP contribution >= 0.6 is 15.8 Å². The molecular weight excluding hydrogens is 494 g/mol. The Bertz CT molecular complexity index is 1030. The fourth-order valence-corrected chi connectivity index (χ4v) is 13.5. The van der Waals surface area contributed by atoms with Gasteiger partial charge in [0.05, 0.1) is 0 Å². The third kappa shape index (κ3) is 5.98. The fourth-order valence-electron chi connectivity index (χ4n) is 7.00. The van der Waals surface area contributed by atoms with Gasteiger partial charge in [-0.1, -0.05) is 148 Å². The van der Waals surface area contributed by atoms with Crippen molar-refractivity contribution in [2.24, 2.45) is 11.8 Å². The van der Waals surface area contributed by atoms with Crippen LogP contribution in [0.5, 0.6) is 0 Å². The number of hydrogen-bond acceptors (Lipinski definition) is 0. The standard InChI is InChI=1S/C34H36P2.C2H6/c1-5-15-27(16-6-1)35(28-17-7-2-8-18-28)33-25-13-23-31(33)32-24-14-26-34(32)36(29-19-9-3-10-20-29)30-21-11-4-12-22-30;1-2/h1-12,15-22,31-34H,13-14,23-26H2;1-2H3. The van der Waals surface area contributed by atoms with Crippen LogP contribution in [-0.4, -0.2) is 11.3 Å². The van der Waals surface area contributed by atoms with Gasteiger partial charge in [-0.2, -0.15) is 0 Å². The second kappa shape index (κ2) is 13.7. The summed E-state index contributed by atoms with van der Waals surface area (Å²) < 4.78 is 0. The Morgan fingerprint density at radius 3 is 0.921 bits per heavy atom. The van der Waals surface area contributed by atoms with Crippen molar-refractivity contribution in [2.75, 3.05) is 0 Å². The van der Waals surface area contributed by atoms with Crippen LogP contribution in [0.25, 0.3) is 0 Å². The summed E-state index contributed by atoms with van der Waals surface area (Å²) in [5.41, 5.74) is 1.58. The molecule has 4 aromatic carbocycles. The SMILES string of the molecule is CC.c1ccc(P(c2ccccc2)C2CCCC2C2CCCC2P(c2ccccc2)c2ccccc2)cc1. The zero-order chi connectivity index (χ0) is 26.2. The minimum absolute atomic E-state index is 0.347. The lowest BCUT2D eigenvalue weighted by Gasteiger charge is -2.38. The molecule has 0 radical (unpaired) electrons. The first-order chi connectivity index (χ1) is 18.9. The predicted octanol–water partition coefficient (Wildman–Crippen LogP) is 8.62. The first-order valence-electron chi connectivity index (χ1n) is 14.7. The van der Waals surface area contributed by atoms with Crippen molar-refractivity contribution in [2.45, 2.75) is 63.7 Å². The molecule has 4 aromatic rings. The van der Waals surface area contributed by atoms with E-state index in [1.807, 2.05) is 13.8 Å². The lowest BCUT2D eigenvalue weighted by Crippen LogP contribution is -2.34. The first-order valence-corrected chi connectivity index (χ1v) is 17.5. The Hall–Kier alpha value is -2.26. The maximum atomic E-state index is 2.40. The van der Waals surface area contributed by atoms with E-state index in [4.69, 9.17) is 0 Å². The van der Waals surface area contributed by atoms with Crippen molar-refractivity contribution < 1.29 is 0 Å². The minimum atomic E-state index is -0.347. The van der Waals surface area contributed by atoms with Crippen LogP contribution in [0.1, 0.15) is 52.4 Å². The molecule has 196 valence electrons. The van der Waals surface area contributed by atoms with Crippen LogP contribution in [0, 0.1) is 11.8 Å². The molecule has 0 nitrogen and oxygen atoms in total. The molecule has 2 aliphatic rings. The highest BCUT2D eigenvalue weighted by molar-refractivity contribution is 7.74. The van der Waals surface area contributed by atoms with Crippen LogP contribution in [0.4, 0.5) is 0 Å². The maximum Gasteiger partial charge on any atom is -0.00976 e. The molecule has 0 spiro atoms. The third-order valence-electron chi connectivity index (χ3n) is 8.41. The van der Waals surface area contributed by atoms with Crippen molar-refractivity contribution in [3.63, 3.8) is 0 Å². The van der Waals surface area contributed by atoms with Crippen LogP contribution in [0.3, 0.4) is 0 Å². The quantitative estimate of drug-likeness (QED) is 0.208. The summed E-state index contributed by atoms with van der Waals surface area (Å²) in [6.45, 7) is 4.00. The van der Waals surface area contributed by atoms with E-state index < -0.39 is 0 Å². The molecule has 2 heteroatoms. The van der Waals surface area contributed by atoms with Crippen LogP contribution in [-0.2, 0) is 0 Å². The highest BCUT2D eigenvalue weighted by atomic mass is 31.1. The second-order valence-electron chi connectivity index (χ2n) is 10.4. The average molecular weight is 537 g/mol. The van der Waals surface area contributed by atoms with E-state index in [0.29, 0.717) is 0 Å². The summed E-state index contributed by atoms with van der Waals surface area (Å²) in [7, 11) is -0.694. The molecule has 0 aromatic heterocycles. The first kappa shape index (κ1) is 27.3. The summed E-state index contributed by atoms with van der Waals surface area (Å²) in [6, 6.07) is 45.9. The van der Waals surface area contributed by atoms with E-state index >= 15 is 0 Å². The van der Waals surface area contributed by atoms with Crippen LogP contribution in [0.2, 0.25) is 0 Å². The van der Waals surface area contributed by atoms with Crippen molar-refractivity contribution in [3.8, 4) is 0 Å². The van der Waals surface area contributed by atoms with E-state index in [0.717, 1.165) is 23.2 Å². The summed E-state index contributed by atoms with van der Waals surface area (Å²) in [5.74, 6) is 1.67. The van der Waals surface area contributed by atoms with E-state index in [9.17, 15) is 0 Å². The summed E-state index contributed by atoms with van der Waals surface area (Å²) in [5, 5.41) is 6.27. The fraction of sp³-hybridized carbons (Fsp3) is 0.333. The molecule has 0 saturated heterocycles.